The van der Waals surface area contributed by atoms with Gasteiger partial charge in [0.2, 0.25) is 10.0 Å². The molecular formula is C16H25N5O3S2. The summed E-state index contributed by atoms with van der Waals surface area (Å²) in [5.74, 6) is 0. The van der Waals surface area contributed by atoms with E-state index >= 15 is 0 Å². The van der Waals surface area contributed by atoms with Crippen molar-refractivity contribution >= 4 is 33.0 Å². The van der Waals surface area contributed by atoms with Crippen LogP contribution in [0.3, 0.4) is 0 Å². The lowest BCUT2D eigenvalue weighted by molar-refractivity contribution is 0.0730. The molecule has 2 aliphatic rings. The van der Waals surface area contributed by atoms with E-state index in [4.69, 9.17) is 17.0 Å². The van der Waals surface area contributed by atoms with Crippen LogP contribution in [0.15, 0.2) is 29.2 Å². The van der Waals surface area contributed by atoms with Crippen LogP contribution >= 0.6 is 12.2 Å². The Kier molecular flexibility index (Phi) is 6.43. The highest BCUT2D eigenvalue weighted by Crippen LogP contribution is 2.19. The molecule has 3 rings (SSSR count). The average Bonchev–Trinajstić information content (AvgIpc) is 2.65. The van der Waals surface area contributed by atoms with E-state index in [1.165, 1.54) is 4.31 Å². The van der Waals surface area contributed by atoms with Gasteiger partial charge in [0.25, 0.3) is 0 Å². The van der Waals surface area contributed by atoms with Crippen LogP contribution in [0.1, 0.15) is 0 Å². The SMILES string of the molecule is CN1CCN(NC(=S)Nc2ccc(S(=O)(=O)N3CCOCC3)cc2)CC1. The lowest BCUT2D eigenvalue weighted by atomic mass is 10.3. The number of likely N-dealkylation sites (N-methyl/N-ethyl adjacent to an activating group) is 1. The smallest absolute Gasteiger partial charge is 0.243 e. The predicted molar refractivity (Wildman–Crippen MR) is 104 cm³/mol. The van der Waals surface area contributed by atoms with E-state index in [0.717, 1.165) is 31.9 Å². The van der Waals surface area contributed by atoms with Gasteiger partial charge in [0.1, 0.15) is 0 Å². The molecule has 2 fully saturated rings. The normalized spacial score (nSPS) is 20.7. The Hall–Kier alpha value is -1.30. The van der Waals surface area contributed by atoms with Crippen LogP contribution in [-0.4, -0.2) is 87.3 Å². The van der Waals surface area contributed by atoms with E-state index in [2.05, 4.69) is 27.7 Å². The topological polar surface area (TPSA) is 77.2 Å². The Bertz CT molecular complexity index is 712. The number of morpholine rings is 1. The van der Waals surface area contributed by atoms with Crippen LogP contribution in [-0.2, 0) is 14.8 Å². The maximum Gasteiger partial charge on any atom is 0.243 e. The number of hydrogen-bond donors (Lipinski definition) is 2. The molecule has 0 spiro atoms. The van der Waals surface area contributed by atoms with Crippen molar-refractivity contribution in [1.29, 1.82) is 0 Å². The number of hydrazine groups is 1. The summed E-state index contributed by atoms with van der Waals surface area (Å²) in [6.07, 6.45) is 0. The lowest BCUT2D eigenvalue weighted by Gasteiger charge is -2.33. The molecule has 8 nitrogen and oxygen atoms in total. The average molecular weight is 400 g/mol. The number of benzene rings is 1. The number of nitrogens with zero attached hydrogens (tertiary/aromatic N) is 3. The summed E-state index contributed by atoms with van der Waals surface area (Å²) in [6, 6.07) is 6.66. The van der Waals surface area contributed by atoms with Crippen LogP contribution in [0.25, 0.3) is 0 Å². The van der Waals surface area contributed by atoms with Crippen LogP contribution in [0.2, 0.25) is 0 Å². The zero-order valence-electron chi connectivity index (χ0n) is 14.8. The number of nitrogens with one attached hydrogen (secondary N) is 2. The fraction of sp³-hybridized carbons (Fsp3) is 0.562. The van der Waals surface area contributed by atoms with E-state index in [1.807, 2.05) is 0 Å². The second-order valence-corrected chi connectivity index (χ2v) is 8.74. The summed E-state index contributed by atoms with van der Waals surface area (Å²) < 4.78 is 31.9. The molecule has 0 unspecified atom stereocenters. The van der Waals surface area contributed by atoms with Crippen molar-refractivity contribution in [2.45, 2.75) is 4.90 Å². The van der Waals surface area contributed by atoms with Gasteiger partial charge in [-0.05, 0) is 43.5 Å². The number of ether oxygens (including phenoxy) is 1. The highest BCUT2D eigenvalue weighted by molar-refractivity contribution is 7.89. The molecule has 1 aromatic carbocycles. The number of rotatable bonds is 4. The van der Waals surface area contributed by atoms with E-state index < -0.39 is 10.0 Å². The quantitative estimate of drug-likeness (QED) is 0.694. The minimum Gasteiger partial charge on any atom is -0.379 e. The maximum atomic E-state index is 12.6. The van der Waals surface area contributed by atoms with Crippen molar-refractivity contribution in [3.8, 4) is 0 Å². The van der Waals surface area contributed by atoms with Gasteiger partial charge >= 0.3 is 0 Å². The molecule has 0 bridgehead atoms. The molecule has 2 heterocycles. The molecule has 2 N–H and O–H groups in total. The summed E-state index contributed by atoms with van der Waals surface area (Å²) in [5, 5.41) is 5.67. The first-order chi connectivity index (χ1) is 12.4. The predicted octanol–water partition coefficient (Wildman–Crippen LogP) is 0.156. The van der Waals surface area contributed by atoms with Gasteiger partial charge in [0.05, 0.1) is 18.1 Å². The summed E-state index contributed by atoms with van der Waals surface area (Å²) in [6.45, 7) is 5.43. The van der Waals surface area contributed by atoms with Gasteiger partial charge in [-0.25, -0.2) is 13.4 Å². The van der Waals surface area contributed by atoms with Gasteiger partial charge in [-0.2, -0.15) is 4.31 Å². The molecule has 10 heteroatoms. The second-order valence-electron chi connectivity index (χ2n) is 6.40. The highest BCUT2D eigenvalue weighted by atomic mass is 32.2. The summed E-state index contributed by atoms with van der Waals surface area (Å²) in [5.41, 5.74) is 3.92. The molecule has 0 aliphatic carbocycles. The zero-order valence-corrected chi connectivity index (χ0v) is 16.5. The second kappa shape index (κ2) is 8.59. The Morgan fingerprint density at radius 3 is 2.27 bits per heavy atom. The molecule has 0 amide bonds. The fourth-order valence-electron chi connectivity index (χ4n) is 2.87. The minimum absolute atomic E-state index is 0.280. The first kappa shape index (κ1) is 19.5. The Morgan fingerprint density at radius 1 is 1.04 bits per heavy atom. The van der Waals surface area contributed by atoms with Crippen molar-refractivity contribution in [3.63, 3.8) is 0 Å². The zero-order chi connectivity index (χ0) is 18.6. The molecule has 2 aliphatic heterocycles. The van der Waals surface area contributed by atoms with E-state index in [9.17, 15) is 8.42 Å². The van der Waals surface area contributed by atoms with Crippen molar-refractivity contribution in [1.82, 2.24) is 19.6 Å². The van der Waals surface area contributed by atoms with Gasteiger partial charge in [-0.15, -0.1) is 0 Å². The van der Waals surface area contributed by atoms with Crippen LogP contribution < -0.4 is 10.7 Å². The summed E-state index contributed by atoms with van der Waals surface area (Å²) in [4.78, 5) is 2.55. The molecule has 0 aromatic heterocycles. The van der Waals surface area contributed by atoms with Crippen molar-refractivity contribution in [2.24, 2.45) is 0 Å². The van der Waals surface area contributed by atoms with Crippen LogP contribution in [0.4, 0.5) is 5.69 Å². The molecular weight excluding hydrogens is 374 g/mol. The molecule has 0 atom stereocenters. The van der Waals surface area contributed by atoms with Gasteiger partial charge in [0, 0.05) is 45.0 Å². The summed E-state index contributed by atoms with van der Waals surface area (Å²) >= 11 is 5.34. The molecule has 1 aromatic rings. The Morgan fingerprint density at radius 2 is 1.65 bits per heavy atom. The molecule has 0 saturated carbocycles. The highest BCUT2D eigenvalue weighted by Gasteiger charge is 2.26. The largest absolute Gasteiger partial charge is 0.379 e. The van der Waals surface area contributed by atoms with Crippen LogP contribution in [0, 0.1) is 0 Å². The number of piperazine rings is 1. The Labute approximate surface area is 160 Å². The third kappa shape index (κ3) is 4.90. The molecule has 2 saturated heterocycles. The minimum atomic E-state index is -3.47. The lowest BCUT2D eigenvalue weighted by Crippen LogP contribution is -2.53. The molecule has 0 radical (unpaired) electrons. The van der Waals surface area contributed by atoms with Crippen molar-refractivity contribution in [2.75, 3.05) is 64.8 Å². The number of sulfonamides is 1. The van der Waals surface area contributed by atoms with Crippen molar-refractivity contribution in [3.05, 3.63) is 24.3 Å². The van der Waals surface area contributed by atoms with Gasteiger partial charge in [-0.3, -0.25) is 5.43 Å². The standard InChI is InChI=1S/C16H25N5O3S2/c1-19-6-8-20(9-7-19)18-16(25)17-14-2-4-15(5-3-14)26(22,23)21-10-12-24-13-11-21/h2-5H,6-13H2,1H3,(H2,17,18,25). The van der Waals surface area contributed by atoms with E-state index in [0.29, 0.717) is 31.4 Å². The Balaban J connectivity index is 1.56. The van der Waals surface area contributed by atoms with E-state index in [1.54, 1.807) is 24.3 Å². The van der Waals surface area contributed by atoms with Gasteiger partial charge in [0.15, 0.2) is 5.11 Å². The first-order valence-electron chi connectivity index (χ1n) is 8.64. The first-order valence-corrected chi connectivity index (χ1v) is 10.5. The van der Waals surface area contributed by atoms with Gasteiger partial charge < -0.3 is 15.0 Å². The molecule has 144 valence electrons. The number of hydrogen-bond acceptors (Lipinski definition) is 6. The van der Waals surface area contributed by atoms with Gasteiger partial charge in [-0.1, -0.05) is 0 Å². The summed E-state index contributed by atoms with van der Waals surface area (Å²) in [7, 11) is -1.37. The fourth-order valence-corrected chi connectivity index (χ4v) is 4.52. The maximum absolute atomic E-state index is 12.6. The molecule has 26 heavy (non-hydrogen) atoms. The third-order valence-corrected chi connectivity index (χ3v) is 6.59. The number of thiocarbonyl (C=S) groups is 1. The van der Waals surface area contributed by atoms with E-state index in [-0.39, 0.29) is 4.90 Å². The van der Waals surface area contributed by atoms with Crippen molar-refractivity contribution < 1.29 is 13.2 Å². The van der Waals surface area contributed by atoms with Crippen LogP contribution in [0.5, 0.6) is 0 Å². The number of anilines is 1. The third-order valence-electron chi connectivity index (χ3n) is 4.48. The monoisotopic (exact) mass is 399 g/mol.